The van der Waals surface area contributed by atoms with E-state index >= 15 is 0 Å². The number of anilines is 2. The maximum absolute atomic E-state index is 5.80. The largest absolute Gasteiger partial charge is 0.368 e. The third-order valence-electron chi connectivity index (χ3n) is 2.87. The quantitative estimate of drug-likeness (QED) is 0.898. The van der Waals surface area contributed by atoms with Crippen molar-refractivity contribution in [1.29, 1.82) is 0 Å². The lowest BCUT2D eigenvalue weighted by Gasteiger charge is -2.25. The summed E-state index contributed by atoms with van der Waals surface area (Å²) in [6, 6.07) is 8.00. The van der Waals surface area contributed by atoms with E-state index in [1.165, 1.54) is 0 Å². The van der Waals surface area contributed by atoms with E-state index in [1.807, 2.05) is 24.3 Å². The number of rotatable bonds is 4. The Bertz CT molecular complexity index is 536. The molecule has 96 valence electrons. The van der Waals surface area contributed by atoms with Crippen LogP contribution in [0.15, 0.2) is 24.3 Å². The number of aromatic nitrogens is 2. The first-order chi connectivity index (χ1) is 8.61. The molecule has 2 N–H and O–H groups in total. The lowest BCUT2D eigenvalue weighted by molar-refractivity contribution is 0.616. The van der Waals surface area contributed by atoms with Crippen molar-refractivity contribution in [2.24, 2.45) is 5.92 Å². The van der Waals surface area contributed by atoms with Crippen LogP contribution in [0.25, 0.3) is 10.9 Å². The molecule has 4 heteroatoms. The van der Waals surface area contributed by atoms with Gasteiger partial charge in [-0.3, -0.25) is 0 Å². The van der Waals surface area contributed by atoms with Gasteiger partial charge in [-0.15, -0.1) is 0 Å². The zero-order chi connectivity index (χ0) is 13.1. The Morgan fingerprint density at radius 2 is 1.94 bits per heavy atom. The highest BCUT2D eigenvalue weighted by molar-refractivity contribution is 5.90. The molecule has 0 aliphatic carbocycles. The molecule has 1 aromatic heterocycles. The molecular weight excluding hydrogens is 224 g/mol. The summed E-state index contributed by atoms with van der Waals surface area (Å²) < 4.78 is 0. The molecule has 0 aliphatic heterocycles. The maximum Gasteiger partial charge on any atom is 0.222 e. The molecule has 2 aromatic rings. The Labute approximate surface area is 108 Å². The van der Waals surface area contributed by atoms with Crippen molar-refractivity contribution >= 4 is 22.7 Å². The second-order valence-corrected chi connectivity index (χ2v) is 4.86. The van der Waals surface area contributed by atoms with Gasteiger partial charge in [0.15, 0.2) is 0 Å². The highest BCUT2D eigenvalue weighted by Crippen LogP contribution is 2.24. The van der Waals surface area contributed by atoms with Gasteiger partial charge in [-0.05, 0) is 25.0 Å². The van der Waals surface area contributed by atoms with Crippen molar-refractivity contribution in [2.75, 3.05) is 23.7 Å². The van der Waals surface area contributed by atoms with Crippen LogP contribution in [0.4, 0.5) is 11.8 Å². The van der Waals surface area contributed by atoms with Gasteiger partial charge >= 0.3 is 0 Å². The summed E-state index contributed by atoms with van der Waals surface area (Å²) in [5, 5.41) is 1.06. The third-order valence-corrected chi connectivity index (χ3v) is 2.87. The smallest absolute Gasteiger partial charge is 0.222 e. The summed E-state index contributed by atoms with van der Waals surface area (Å²) in [5.41, 5.74) is 6.70. The normalized spacial score (nSPS) is 11.1. The summed E-state index contributed by atoms with van der Waals surface area (Å²) in [5.74, 6) is 1.86. The fourth-order valence-corrected chi connectivity index (χ4v) is 2.12. The topological polar surface area (TPSA) is 55.0 Å². The molecular formula is C14H20N4. The van der Waals surface area contributed by atoms with E-state index in [1.54, 1.807) is 0 Å². The molecule has 0 spiro atoms. The Morgan fingerprint density at radius 1 is 1.22 bits per heavy atom. The SMILES string of the molecule is CCN(CC(C)C)c1nc(N)nc2ccccc12. The number of nitrogen functional groups attached to an aromatic ring is 1. The summed E-state index contributed by atoms with van der Waals surface area (Å²) in [6.07, 6.45) is 0. The molecule has 0 saturated carbocycles. The van der Waals surface area contributed by atoms with Crippen molar-refractivity contribution in [2.45, 2.75) is 20.8 Å². The van der Waals surface area contributed by atoms with Crippen molar-refractivity contribution < 1.29 is 0 Å². The molecule has 0 bridgehead atoms. The Hall–Kier alpha value is -1.84. The van der Waals surface area contributed by atoms with Gasteiger partial charge in [-0.2, -0.15) is 4.98 Å². The number of fused-ring (bicyclic) bond motifs is 1. The van der Waals surface area contributed by atoms with E-state index < -0.39 is 0 Å². The van der Waals surface area contributed by atoms with Crippen LogP contribution in [0.5, 0.6) is 0 Å². The monoisotopic (exact) mass is 244 g/mol. The van der Waals surface area contributed by atoms with Gasteiger partial charge in [0.2, 0.25) is 5.95 Å². The fraction of sp³-hybridized carbons (Fsp3) is 0.429. The second kappa shape index (κ2) is 5.21. The standard InChI is InChI=1S/C14H20N4/c1-4-18(9-10(2)3)13-11-7-5-6-8-12(11)16-14(15)17-13/h5-8,10H,4,9H2,1-3H3,(H2,15,16,17). The molecule has 0 amide bonds. The highest BCUT2D eigenvalue weighted by atomic mass is 15.2. The number of nitrogens with zero attached hydrogens (tertiary/aromatic N) is 3. The van der Waals surface area contributed by atoms with Gasteiger partial charge in [0.1, 0.15) is 5.82 Å². The van der Waals surface area contributed by atoms with Crippen LogP contribution in [-0.2, 0) is 0 Å². The Kier molecular flexibility index (Phi) is 3.65. The molecule has 0 atom stereocenters. The van der Waals surface area contributed by atoms with Gasteiger partial charge in [-0.1, -0.05) is 26.0 Å². The minimum Gasteiger partial charge on any atom is -0.368 e. The first-order valence-electron chi connectivity index (χ1n) is 6.39. The van der Waals surface area contributed by atoms with Crippen molar-refractivity contribution in [3.8, 4) is 0 Å². The summed E-state index contributed by atoms with van der Waals surface area (Å²) in [6.45, 7) is 8.43. The van der Waals surface area contributed by atoms with E-state index in [2.05, 4.69) is 35.6 Å². The molecule has 4 nitrogen and oxygen atoms in total. The molecule has 0 radical (unpaired) electrons. The predicted octanol–water partition coefficient (Wildman–Crippen LogP) is 2.69. The third kappa shape index (κ3) is 2.53. The lowest BCUT2D eigenvalue weighted by atomic mass is 10.2. The van der Waals surface area contributed by atoms with Gasteiger partial charge in [0, 0.05) is 18.5 Å². The first kappa shape index (κ1) is 12.6. The molecule has 0 saturated heterocycles. The van der Waals surface area contributed by atoms with Crippen LogP contribution in [0.1, 0.15) is 20.8 Å². The average molecular weight is 244 g/mol. The van der Waals surface area contributed by atoms with Gasteiger partial charge in [0.25, 0.3) is 0 Å². The number of benzene rings is 1. The van der Waals surface area contributed by atoms with E-state index in [0.717, 1.165) is 29.8 Å². The minimum absolute atomic E-state index is 0.339. The van der Waals surface area contributed by atoms with Crippen molar-refractivity contribution in [3.63, 3.8) is 0 Å². The van der Waals surface area contributed by atoms with Crippen LogP contribution in [0.3, 0.4) is 0 Å². The molecule has 2 rings (SSSR count). The van der Waals surface area contributed by atoms with Crippen LogP contribution in [0, 0.1) is 5.92 Å². The molecule has 0 unspecified atom stereocenters. The number of hydrogen-bond acceptors (Lipinski definition) is 4. The zero-order valence-corrected chi connectivity index (χ0v) is 11.2. The first-order valence-corrected chi connectivity index (χ1v) is 6.39. The van der Waals surface area contributed by atoms with Crippen molar-refractivity contribution in [1.82, 2.24) is 9.97 Å². The van der Waals surface area contributed by atoms with E-state index in [9.17, 15) is 0 Å². The number of para-hydroxylation sites is 1. The Balaban J connectivity index is 2.54. The molecule has 1 aromatic carbocycles. The van der Waals surface area contributed by atoms with E-state index in [-0.39, 0.29) is 0 Å². The van der Waals surface area contributed by atoms with Crippen LogP contribution in [0.2, 0.25) is 0 Å². The summed E-state index contributed by atoms with van der Waals surface area (Å²) in [7, 11) is 0. The summed E-state index contributed by atoms with van der Waals surface area (Å²) in [4.78, 5) is 10.9. The van der Waals surface area contributed by atoms with Crippen LogP contribution in [-0.4, -0.2) is 23.1 Å². The molecule has 0 aliphatic rings. The highest BCUT2D eigenvalue weighted by Gasteiger charge is 2.13. The van der Waals surface area contributed by atoms with Crippen LogP contribution >= 0.6 is 0 Å². The van der Waals surface area contributed by atoms with Gasteiger partial charge in [-0.25, -0.2) is 4.98 Å². The summed E-state index contributed by atoms with van der Waals surface area (Å²) >= 11 is 0. The van der Waals surface area contributed by atoms with Crippen molar-refractivity contribution in [3.05, 3.63) is 24.3 Å². The Morgan fingerprint density at radius 3 is 2.61 bits per heavy atom. The molecule has 0 fully saturated rings. The lowest BCUT2D eigenvalue weighted by Crippen LogP contribution is -2.28. The average Bonchev–Trinajstić information content (AvgIpc) is 2.34. The van der Waals surface area contributed by atoms with E-state index in [0.29, 0.717) is 11.9 Å². The van der Waals surface area contributed by atoms with Gasteiger partial charge < -0.3 is 10.6 Å². The molecule has 18 heavy (non-hydrogen) atoms. The van der Waals surface area contributed by atoms with E-state index in [4.69, 9.17) is 5.73 Å². The second-order valence-electron chi connectivity index (χ2n) is 4.86. The van der Waals surface area contributed by atoms with Gasteiger partial charge in [0.05, 0.1) is 5.52 Å². The fourth-order valence-electron chi connectivity index (χ4n) is 2.12. The zero-order valence-electron chi connectivity index (χ0n) is 11.2. The van der Waals surface area contributed by atoms with Crippen LogP contribution < -0.4 is 10.6 Å². The number of hydrogen-bond donors (Lipinski definition) is 1. The number of nitrogens with two attached hydrogens (primary N) is 1. The minimum atomic E-state index is 0.339. The predicted molar refractivity (Wildman–Crippen MR) is 76.7 cm³/mol. The maximum atomic E-state index is 5.80. The molecule has 1 heterocycles.